The number of benzene rings is 1. The molecule has 1 saturated heterocycles. The van der Waals surface area contributed by atoms with Crippen LogP contribution in [0.15, 0.2) is 24.3 Å². The number of carbonyl (C=O) groups is 1. The van der Waals surface area contributed by atoms with Crippen molar-refractivity contribution in [2.24, 2.45) is 5.92 Å². The maximum Gasteiger partial charge on any atom is 0.317 e. The molecule has 0 radical (unpaired) electrons. The quantitative estimate of drug-likeness (QED) is 0.661. The SMILES string of the molecule is O=C1OCC2CC12c1ccccc1Cl. The smallest absolute Gasteiger partial charge is 0.317 e. The number of hydrogen-bond donors (Lipinski definition) is 0. The standard InChI is InChI=1S/C11H9ClO2/c12-9-4-2-1-3-8(9)11-5-7(11)6-14-10(11)13/h1-4,7H,5-6H2. The van der Waals surface area contributed by atoms with Crippen molar-refractivity contribution < 1.29 is 9.53 Å². The molecular weight excluding hydrogens is 200 g/mol. The van der Waals surface area contributed by atoms with E-state index >= 15 is 0 Å². The van der Waals surface area contributed by atoms with Crippen LogP contribution >= 0.6 is 11.6 Å². The van der Waals surface area contributed by atoms with Crippen LogP contribution in [0.4, 0.5) is 0 Å². The highest BCUT2D eigenvalue weighted by atomic mass is 35.5. The molecule has 0 bridgehead atoms. The van der Waals surface area contributed by atoms with Gasteiger partial charge in [0.25, 0.3) is 0 Å². The average Bonchev–Trinajstić information content (AvgIpc) is 2.83. The van der Waals surface area contributed by atoms with Crippen LogP contribution in [-0.4, -0.2) is 12.6 Å². The van der Waals surface area contributed by atoms with Gasteiger partial charge in [-0.3, -0.25) is 4.79 Å². The van der Waals surface area contributed by atoms with E-state index in [9.17, 15) is 4.79 Å². The minimum absolute atomic E-state index is 0.101. The molecule has 72 valence electrons. The van der Waals surface area contributed by atoms with Gasteiger partial charge in [-0.05, 0) is 18.1 Å². The van der Waals surface area contributed by atoms with Gasteiger partial charge in [0, 0.05) is 10.9 Å². The molecule has 1 aliphatic carbocycles. The van der Waals surface area contributed by atoms with Gasteiger partial charge in [0.05, 0.1) is 6.61 Å². The summed E-state index contributed by atoms with van der Waals surface area (Å²) in [7, 11) is 0. The molecule has 0 spiro atoms. The number of cyclic esters (lactones) is 1. The van der Waals surface area contributed by atoms with E-state index in [1.165, 1.54) is 0 Å². The second-order valence-electron chi connectivity index (χ2n) is 3.95. The lowest BCUT2D eigenvalue weighted by Gasteiger charge is -2.10. The summed E-state index contributed by atoms with van der Waals surface area (Å²) >= 11 is 6.08. The summed E-state index contributed by atoms with van der Waals surface area (Å²) in [5.74, 6) is 0.255. The van der Waals surface area contributed by atoms with Gasteiger partial charge in [0.2, 0.25) is 0 Å². The van der Waals surface area contributed by atoms with E-state index in [0.717, 1.165) is 12.0 Å². The Kier molecular flexibility index (Phi) is 1.49. The fourth-order valence-electron chi connectivity index (χ4n) is 2.35. The van der Waals surface area contributed by atoms with Crippen LogP contribution in [-0.2, 0) is 14.9 Å². The van der Waals surface area contributed by atoms with Gasteiger partial charge < -0.3 is 4.74 Å². The Bertz CT molecular complexity index is 416. The molecule has 2 aliphatic rings. The molecule has 3 heteroatoms. The van der Waals surface area contributed by atoms with Gasteiger partial charge in [-0.15, -0.1) is 0 Å². The normalized spacial score (nSPS) is 33.8. The fraction of sp³-hybridized carbons (Fsp3) is 0.364. The summed E-state index contributed by atoms with van der Waals surface area (Å²) in [6.07, 6.45) is 0.898. The molecule has 2 nitrogen and oxygen atoms in total. The highest BCUT2D eigenvalue weighted by Crippen LogP contribution is 2.60. The first-order valence-electron chi connectivity index (χ1n) is 4.67. The Morgan fingerprint density at radius 2 is 2.21 bits per heavy atom. The molecule has 2 atom stereocenters. The Morgan fingerprint density at radius 3 is 2.79 bits per heavy atom. The third kappa shape index (κ3) is 0.845. The van der Waals surface area contributed by atoms with Gasteiger partial charge in [-0.2, -0.15) is 0 Å². The number of rotatable bonds is 1. The predicted molar refractivity (Wildman–Crippen MR) is 52.2 cm³/mol. The minimum atomic E-state index is -0.391. The topological polar surface area (TPSA) is 26.3 Å². The Hall–Kier alpha value is -1.02. The summed E-state index contributed by atoms with van der Waals surface area (Å²) in [4.78, 5) is 11.6. The molecule has 14 heavy (non-hydrogen) atoms. The largest absolute Gasteiger partial charge is 0.465 e. The lowest BCUT2D eigenvalue weighted by atomic mass is 9.95. The zero-order valence-corrected chi connectivity index (χ0v) is 8.25. The van der Waals surface area contributed by atoms with Crippen LogP contribution in [0.25, 0.3) is 0 Å². The second-order valence-corrected chi connectivity index (χ2v) is 4.36. The molecule has 0 amide bonds. The van der Waals surface area contributed by atoms with Crippen molar-refractivity contribution in [3.8, 4) is 0 Å². The van der Waals surface area contributed by atoms with E-state index in [0.29, 0.717) is 17.5 Å². The number of halogens is 1. The number of carbonyl (C=O) groups excluding carboxylic acids is 1. The van der Waals surface area contributed by atoms with Gasteiger partial charge >= 0.3 is 5.97 Å². The molecule has 0 aromatic heterocycles. The monoisotopic (exact) mass is 208 g/mol. The third-order valence-electron chi connectivity index (χ3n) is 3.24. The van der Waals surface area contributed by atoms with Gasteiger partial charge in [-0.25, -0.2) is 0 Å². The van der Waals surface area contributed by atoms with Crippen LogP contribution < -0.4 is 0 Å². The maximum atomic E-state index is 11.6. The van der Waals surface area contributed by atoms with Crippen molar-refractivity contribution in [1.82, 2.24) is 0 Å². The van der Waals surface area contributed by atoms with E-state index in [4.69, 9.17) is 16.3 Å². The predicted octanol–water partition coefficient (Wildman–Crippen LogP) is 2.15. The molecule has 1 saturated carbocycles. The highest BCUT2D eigenvalue weighted by Gasteiger charge is 2.67. The van der Waals surface area contributed by atoms with Crippen LogP contribution in [0.5, 0.6) is 0 Å². The zero-order chi connectivity index (χ0) is 9.76. The molecule has 0 N–H and O–H groups in total. The van der Waals surface area contributed by atoms with Gasteiger partial charge in [-0.1, -0.05) is 29.8 Å². The first kappa shape index (κ1) is 8.30. The number of fused-ring (bicyclic) bond motifs is 1. The van der Waals surface area contributed by atoms with Gasteiger partial charge in [0.15, 0.2) is 0 Å². The number of esters is 1. The Balaban J connectivity index is 2.12. The average molecular weight is 209 g/mol. The third-order valence-corrected chi connectivity index (χ3v) is 3.57. The van der Waals surface area contributed by atoms with Crippen LogP contribution in [0.1, 0.15) is 12.0 Å². The molecule has 2 fully saturated rings. The molecule has 1 heterocycles. The second kappa shape index (κ2) is 2.51. The lowest BCUT2D eigenvalue weighted by Crippen LogP contribution is -2.18. The van der Waals surface area contributed by atoms with E-state index in [2.05, 4.69) is 0 Å². The van der Waals surface area contributed by atoms with E-state index in [1.54, 1.807) is 0 Å². The maximum absolute atomic E-state index is 11.6. The summed E-state index contributed by atoms with van der Waals surface area (Å²) in [5.41, 5.74) is 0.549. The molecular formula is C11H9ClO2. The van der Waals surface area contributed by atoms with Crippen molar-refractivity contribution in [3.63, 3.8) is 0 Å². The van der Waals surface area contributed by atoms with Crippen LogP contribution in [0.3, 0.4) is 0 Å². The summed E-state index contributed by atoms with van der Waals surface area (Å²) in [5, 5.41) is 0.675. The number of hydrogen-bond acceptors (Lipinski definition) is 2. The summed E-state index contributed by atoms with van der Waals surface area (Å²) in [6.45, 7) is 0.560. The number of ether oxygens (including phenoxy) is 1. The zero-order valence-electron chi connectivity index (χ0n) is 7.50. The first-order valence-corrected chi connectivity index (χ1v) is 5.05. The van der Waals surface area contributed by atoms with Crippen molar-refractivity contribution in [2.75, 3.05) is 6.61 Å². The Labute approximate surface area is 86.8 Å². The summed E-state index contributed by atoms with van der Waals surface area (Å²) < 4.78 is 5.03. The molecule has 2 unspecified atom stereocenters. The molecule has 3 rings (SSSR count). The van der Waals surface area contributed by atoms with Crippen LogP contribution in [0.2, 0.25) is 5.02 Å². The summed E-state index contributed by atoms with van der Waals surface area (Å²) in [6, 6.07) is 7.54. The highest BCUT2D eigenvalue weighted by molar-refractivity contribution is 6.31. The molecule has 1 aromatic rings. The van der Waals surface area contributed by atoms with E-state index in [-0.39, 0.29) is 5.97 Å². The van der Waals surface area contributed by atoms with E-state index < -0.39 is 5.41 Å². The van der Waals surface area contributed by atoms with E-state index in [1.807, 2.05) is 24.3 Å². The van der Waals surface area contributed by atoms with Crippen molar-refractivity contribution in [2.45, 2.75) is 11.8 Å². The molecule has 1 aromatic carbocycles. The lowest BCUT2D eigenvalue weighted by molar-refractivity contribution is -0.142. The first-order chi connectivity index (χ1) is 6.75. The molecule has 1 aliphatic heterocycles. The van der Waals surface area contributed by atoms with Gasteiger partial charge in [0.1, 0.15) is 5.41 Å². The van der Waals surface area contributed by atoms with Crippen molar-refractivity contribution in [1.29, 1.82) is 0 Å². The van der Waals surface area contributed by atoms with Crippen LogP contribution in [0, 0.1) is 5.92 Å². The van der Waals surface area contributed by atoms with Crippen molar-refractivity contribution in [3.05, 3.63) is 34.9 Å². The van der Waals surface area contributed by atoms with Crippen molar-refractivity contribution >= 4 is 17.6 Å². The Morgan fingerprint density at radius 1 is 1.43 bits per heavy atom. The fourth-order valence-corrected chi connectivity index (χ4v) is 2.65. The minimum Gasteiger partial charge on any atom is -0.465 e.